The van der Waals surface area contributed by atoms with Crippen molar-refractivity contribution in [3.63, 3.8) is 0 Å². The minimum atomic E-state index is 0.166. The maximum Gasteiger partial charge on any atom is 0.219 e. The molecule has 3 heterocycles. The Kier molecular flexibility index (Phi) is 4.34. The number of ether oxygens (including phenoxy) is 2. The second-order valence-electron chi connectivity index (χ2n) is 5.95. The van der Waals surface area contributed by atoms with Crippen LogP contribution in [-0.2, 0) is 6.42 Å². The van der Waals surface area contributed by atoms with E-state index in [1.807, 2.05) is 19.1 Å². The van der Waals surface area contributed by atoms with Gasteiger partial charge in [0.1, 0.15) is 17.6 Å². The topological polar surface area (TPSA) is 77.6 Å². The summed E-state index contributed by atoms with van der Waals surface area (Å²) < 4.78 is 18.9. The minimum absolute atomic E-state index is 0.166. The average molecular weight is 370 g/mol. The number of aromatic nitrogens is 3. The normalized spacial score (nSPS) is 16.0. The first-order valence-corrected chi connectivity index (χ1v) is 8.78. The molecule has 26 heavy (non-hydrogen) atoms. The lowest BCUT2D eigenvalue weighted by atomic mass is 10.1. The third kappa shape index (κ3) is 3.03. The smallest absolute Gasteiger partial charge is 0.219 e. The molecule has 1 aromatic carbocycles. The summed E-state index contributed by atoms with van der Waals surface area (Å²) >= 11 is 5.27. The van der Waals surface area contributed by atoms with Gasteiger partial charge in [-0.15, -0.1) is 5.10 Å². The van der Waals surface area contributed by atoms with E-state index in [2.05, 4.69) is 22.2 Å². The first-order chi connectivity index (χ1) is 12.7. The Morgan fingerprint density at radius 2 is 2.38 bits per heavy atom. The first kappa shape index (κ1) is 16.6. The van der Waals surface area contributed by atoms with Gasteiger partial charge in [0.2, 0.25) is 10.6 Å². The van der Waals surface area contributed by atoms with Gasteiger partial charge in [-0.1, -0.05) is 0 Å². The van der Waals surface area contributed by atoms with E-state index in [0.29, 0.717) is 23.0 Å². The molecule has 0 radical (unpaired) electrons. The SMILES string of the molecule is CCOc1cc2c(cc1/C=N\n1c(-c3ccco3)n[nH]c1=S)O[C@H](C)C2. The van der Waals surface area contributed by atoms with Gasteiger partial charge in [0.25, 0.3) is 0 Å². The highest BCUT2D eigenvalue weighted by Gasteiger charge is 2.21. The molecule has 0 amide bonds. The van der Waals surface area contributed by atoms with Crippen molar-refractivity contribution in [1.82, 2.24) is 14.9 Å². The van der Waals surface area contributed by atoms with E-state index < -0.39 is 0 Å². The van der Waals surface area contributed by atoms with Crippen molar-refractivity contribution in [2.24, 2.45) is 5.10 Å². The van der Waals surface area contributed by atoms with Gasteiger partial charge in [0.15, 0.2) is 5.76 Å². The molecule has 2 aromatic heterocycles. The van der Waals surface area contributed by atoms with Crippen LogP contribution >= 0.6 is 12.2 Å². The number of hydrogen-bond acceptors (Lipinski definition) is 6. The van der Waals surface area contributed by atoms with Gasteiger partial charge in [0.05, 0.1) is 19.1 Å². The maximum absolute atomic E-state index is 5.85. The highest BCUT2D eigenvalue weighted by Crippen LogP contribution is 2.34. The molecule has 0 saturated carbocycles. The summed E-state index contributed by atoms with van der Waals surface area (Å²) in [5, 5.41) is 11.4. The van der Waals surface area contributed by atoms with Gasteiger partial charge >= 0.3 is 0 Å². The first-order valence-electron chi connectivity index (χ1n) is 8.37. The molecule has 0 unspecified atom stereocenters. The summed E-state index contributed by atoms with van der Waals surface area (Å²) in [4.78, 5) is 0. The number of H-pyrrole nitrogens is 1. The van der Waals surface area contributed by atoms with Crippen LogP contribution in [0.2, 0.25) is 0 Å². The van der Waals surface area contributed by atoms with E-state index >= 15 is 0 Å². The number of benzene rings is 1. The molecular weight excluding hydrogens is 352 g/mol. The van der Waals surface area contributed by atoms with Crippen molar-refractivity contribution in [2.45, 2.75) is 26.4 Å². The Hall–Kier alpha value is -2.87. The lowest BCUT2D eigenvalue weighted by Crippen LogP contribution is -2.05. The summed E-state index contributed by atoms with van der Waals surface area (Å²) in [5.74, 6) is 2.71. The van der Waals surface area contributed by atoms with Crippen molar-refractivity contribution in [3.05, 3.63) is 46.4 Å². The lowest BCUT2D eigenvalue weighted by molar-refractivity contribution is 0.254. The average Bonchev–Trinajstić information content (AvgIpc) is 3.32. The molecule has 0 saturated heterocycles. The molecule has 134 valence electrons. The predicted octanol–water partition coefficient (Wildman–Crippen LogP) is 3.80. The van der Waals surface area contributed by atoms with Gasteiger partial charge in [0, 0.05) is 17.5 Å². The molecule has 1 atom stereocenters. The second kappa shape index (κ2) is 6.80. The van der Waals surface area contributed by atoms with E-state index in [-0.39, 0.29) is 6.10 Å². The minimum Gasteiger partial charge on any atom is -0.493 e. The zero-order valence-corrected chi connectivity index (χ0v) is 15.2. The Balaban J connectivity index is 1.73. The summed E-state index contributed by atoms with van der Waals surface area (Å²) in [5.41, 5.74) is 1.96. The van der Waals surface area contributed by atoms with E-state index in [0.717, 1.165) is 29.0 Å². The largest absolute Gasteiger partial charge is 0.493 e. The number of furan rings is 1. The molecule has 0 fully saturated rings. The van der Waals surface area contributed by atoms with Crippen LogP contribution in [0.3, 0.4) is 0 Å². The zero-order valence-electron chi connectivity index (χ0n) is 14.4. The van der Waals surface area contributed by atoms with Crippen LogP contribution in [0.25, 0.3) is 11.6 Å². The number of fused-ring (bicyclic) bond motifs is 1. The Labute approximate surface area is 155 Å². The van der Waals surface area contributed by atoms with Gasteiger partial charge in [-0.25, -0.2) is 5.10 Å². The summed E-state index contributed by atoms with van der Waals surface area (Å²) in [7, 11) is 0. The molecule has 1 N–H and O–H groups in total. The van der Waals surface area contributed by atoms with E-state index in [1.165, 1.54) is 4.68 Å². The van der Waals surface area contributed by atoms with Crippen LogP contribution in [0.4, 0.5) is 0 Å². The Morgan fingerprint density at radius 3 is 3.15 bits per heavy atom. The number of aromatic amines is 1. The fraction of sp³-hybridized carbons (Fsp3) is 0.278. The lowest BCUT2D eigenvalue weighted by Gasteiger charge is -2.09. The Bertz CT molecular complexity index is 1000. The van der Waals surface area contributed by atoms with Crippen molar-refractivity contribution in [1.29, 1.82) is 0 Å². The second-order valence-corrected chi connectivity index (χ2v) is 6.34. The fourth-order valence-electron chi connectivity index (χ4n) is 2.92. The summed E-state index contributed by atoms with van der Waals surface area (Å²) in [6, 6.07) is 7.55. The highest BCUT2D eigenvalue weighted by molar-refractivity contribution is 7.71. The van der Waals surface area contributed by atoms with Crippen LogP contribution in [0, 0.1) is 4.77 Å². The van der Waals surface area contributed by atoms with Crippen molar-refractivity contribution >= 4 is 18.4 Å². The van der Waals surface area contributed by atoms with Crippen LogP contribution in [-0.4, -0.2) is 33.8 Å². The standard InChI is InChI=1S/C18H18N4O3S/c1-3-23-15-8-12-7-11(2)25-16(12)9-13(15)10-19-22-17(20-21-18(22)26)14-5-4-6-24-14/h4-6,8-11H,3,7H2,1-2H3,(H,21,26)/b19-10-/t11-/m1/s1. The third-order valence-corrected chi connectivity index (χ3v) is 4.30. The molecule has 0 spiro atoms. The van der Waals surface area contributed by atoms with Crippen LogP contribution in [0.15, 0.2) is 40.0 Å². The van der Waals surface area contributed by atoms with Gasteiger partial charge < -0.3 is 13.9 Å². The predicted molar refractivity (Wildman–Crippen MR) is 99.5 cm³/mol. The molecular formula is C18H18N4O3S. The Morgan fingerprint density at radius 1 is 1.50 bits per heavy atom. The molecule has 7 nitrogen and oxygen atoms in total. The number of hydrogen-bond donors (Lipinski definition) is 1. The van der Waals surface area contributed by atoms with Gasteiger partial charge in [-0.05, 0) is 50.3 Å². The molecule has 1 aliphatic rings. The zero-order chi connectivity index (χ0) is 18.1. The summed E-state index contributed by atoms with van der Waals surface area (Å²) in [6.07, 6.45) is 4.31. The third-order valence-electron chi connectivity index (χ3n) is 4.03. The van der Waals surface area contributed by atoms with Crippen LogP contribution in [0.1, 0.15) is 25.0 Å². The molecule has 3 aromatic rings. The molecule has 8 heteroatoms. The van der Waals surface area contributed by atoms with Crippen LogP contribution in [0.5, 0.6) is 11.5 Å². The molecule has 1 aliphatic heterocycles. The molecule has 0 bridgehead atoms. The van der Waals surface area contributed by atoms with Gasteiger partial charge in [-0.2, -0.15) is 9.78 Å². The quantitative estimate of drug-likeness (QED) is 0.546. The van der Waals surface area contributed by atoms with Crippen molar-refractivity contribution < 1.29 is 13.9 Å². The molecule has 0 aliphatic carbocycles. The van der Waals surface area contributed by atoms with E-state index in [1.54, 1.807) is 24.6 Å². The monoisotopic (exact) mass is 370 g/mol. The van der Waals surface area contributed by atoms with E-state index in [4.69, 9.17) is 26.1 Å². The number of rotatable bonds is 5. The molecule has 4 rings (SSSR count). The summed E-state index contributed by atoms with van der Waals surface area (Å²) in [6.45, 7) is 4.57. The van der Waals surface area contributed by atoms with E-state index in [9.17, 15) is 0 Å². The highest BCUT2D eigenvalue weighted by atomic mass is 32.1. The van der Waals surface area contributed by atoms with Crippen molar-refractivity contribution in [2.75, 3.05) is 6.61 Å². The number of nitrogens with one attached hydrogen (secondary N) is 1. The van der Waals surface area contributed by atoms with Crippen molar-refractivity contribution in [3.8, 4) is 23.1 Å². The number of nitrogens with zero attached hydrogens (tertiary/aromatic N) is 3. The van der Waals surface area contributed by atoms with Crippen LogP contribution < -0.4 is 9.47 Å². The van der Waals surface area contributed by atoms with Gasteiger partial charge in [-0.3, -0.25) is 0 Å². The maximum atomic E-state index is 5.85. The fourth-order valence-corrected chi connectivity index (χ4v) is 3.10.